The average Bonchev–Trinajstić information content (AvgIpc) is 0.722. The summed E-state index contributed by atoms with van der Waals surface area (Å²) in [6.45, 7) is 0. The molecule has 0 atom stereocenters. The molecule has 0 rings (SSSR count). The van der Waals surface area contributed by atoms with Crippen LogP contribution >= 0.6 is 0 Å². The molecule has 0 aromatic carbocycles. The molecule has 0 N–H and O–H groups in total. The fourth-order valence-corrected chi connectivity index (χ4v) is 0. The van der Waals surface area contributed by atoms with Crippen molar-refractivity contribution >= 4 is 0 Å². The van der Waals surface area contributed by atoms with Gasteiger partial charge in [-0.3, -0.25) is 0 Å². The topological polar surface area (TPSA) is 74.3 Å². The molecular formula is MnNaO4. The summed E-state index contributed by atoms with van der Waals surface area (Å²) < 4.78 is 34.3. The molecule has 0 heterocycles. The summed E-state index contributed by atoms with van der Waals surface area (Å²) in [4.78, 5) is 0. The van der Waals surface area contributed by atoms with Crippen LogP contribution in [0.3, 0.4) is 0 Å². The van der Waals surface area contributed by atoms with Gasteiger partial charge in [0.2, 0.25) is 0 Å². The van der Waals surface area contributed by atoms with Gasteiger partial charge in [-0.15, -0.1) is 0 Å². The molecule has 0 unspecified atom stereocenters. The van der Waals surface area contributed by atoms with Crippen LogP contribution < -0.4 is 33.7 Å². The molecule has 0 aromatic heterocycles. The first-order valence-corrected chi connectivity index (χ1v) is 2.54. The number of rotatable bonds is 0. The first kappa shape index (κ1) is 9.99. The summed E-state index contributed by atoms with van der Waals surface area (Å²) in [5.41, 5.74) is 0. The van der Waals surface area contributed by atoms with E-state index in [0.717, 1.165) is 0 Å². The molecule has 0 aliphatic heterocycles. The zero-order valence-electron chi connectivity index (χ0n) is 3.01. The van der Waals surface area contributed by atoms with Gasteiger partial charge in [0, 0.05) is 0 Å². The third-order valence-corrected chi connectivity index (χ3v) is 0. The molecule has 0 fully saturated rings. The Balaban J connectivity index is 0. The van der Waals surface area contributed by atoms with E-state index < -0.39 is 13.0 Å². The Morgan fingerprint density at radius 3 is 1.17 bits per heavy atom. The van der Waals surface area contributed by atoms with Crippen molar-refractivity contribution < 1.29 is 58.2 Å². The van der Waals surface area contributed by atoms with Crippen molar-refractivity contribution in [1.82, 2.24) is 0 Å². The maximum absolute atomic E-state index is 8.58. The van der Waals surface area contributed by atoms with Gasteiger partial charge in [0.15, 0.2) is 0 Å². The predicted octanol–water partition coefficient (Wildman–Crippen LogP) is -4.54. The van der Waals surface area contributed by atoms with Crippen molar-refractivity contribution in [1.29, 1.82) is 0 Å². The second-order valence-electron chi connectivity index (χ2n) is 0.378. The summed E-state index contributed by atoms with van der Waals surface area (Å²) in [6.07, 6.45) is 0. The Bertz CT molecular complexity index is 129. The van der Waals surface area contributed by atoms with Gasteiger partial charge in [0.25, 0.3) is 0 Å². The van der Waals surface area contributed by atoms with Crippen LogP contribution in [0, 0.1) is 0 Å². The van der Waals surface area contributed by atoms with E-state index in [2.05, 4.69) is 0 Å². The van der Waals surface area contributed by atoms with E-state index in [0.29, 0.717) is 0 Å². The van der Waals surface area contributed by atoms with Gasteiger partial charge in [-0.25, -0.2) is 0 Å². The van der Waals surface area contributed by atoms with E-state index in [1.165, 1.54) is 0 Å². The second kappa shape index (κ2) is 2.96. The van der Waals surface area contributed by atoms with Crippen molar-refractivity contribution in [3.63, 3.8) is 0 Å². The normalized spacial score (nSPS) is 9.50. The zero-order chi connectivity index (χ0) is 4.50. The van der Waals surface area contributed by atoms with E-state index in [9.17, 15) is 0 Å². The van der Waals surface area contributed by atoms with Gasteiger partial charge in [0.1, 0.15) is 0 Å². The van der Waals surface area contributed by atoms with E-state index in [1.54, 1.807) is 0 Å². The molecule has 32 valence electrons. The average molecular weight is 142 g/mol. The predicted molar refractivity (Wildman–Crippen MR) is 2.06 cm³/mol. The molecule has 0 aliphatic carbocycles. The molecular weight excluding hydrogens is 142 g/mol. The number of hydrogen-bond acceptors (Lipinski definition) is 4. The van der Waals surface area contributed by atoms with E-state index in [-0.39, 0.29) is 29.6 Å². The van der Waals surface area contributed by atoms with E-state index in [1.807, 2.05) is 0 Å². The Morgan fingerprint density at radius 1 is 1.17 bits per heavy atom. The molecule has 6 heavy (non-hydrogen) atoms. The minimum absolute atomic E-state index is 0. The molecule has 0 saturated heterocycles. The first-order chi connectivity index (χ1) is 2.00. The van der Waals surface area contributed by atoms with E-state index in [4.69, 9.17) is 15.7 Å². The number of hydrogen-bond donors (Lipinski definition) is 0. The van der Waals surface area contributed by atoms with E-state index >= 15 is 0 Å². The van der Waals surface area contributed by atoms with Gasteiger partial charge in [0.05, 0.1) is 0 Å². The minimum atomic E-state index is -5.62. The Hall–Kier alpha value is 0.879. The Morgan fingerprint density at radius 2 is 1.17 bits per heavy atom. The molecule has 6 heteroatoms. The summed E-state index contributed by atoms with van der Waals surface area (Å²) in [7, 11) is 0. The van der Waals surface area contributed by atoms with Gasteiger partial charge in [-0.1, -0.05) is 0 Å². The van der Waals surface area contributed by atoms with Crippen LogP contribution in [-0.4, -0.2) is 0 Å². The van der Waals surface area contributed by atoms with Crippen LogP contribution in [0.4, 0.5) is 0 Å². The second-order valence-corrected chi connectivity index (χ2v) is 1.56. The monoisotopic (exact) mass is 142 g/mol. The summed E-state index contributed by atoms with van der Waals surface area (Å²) in [5.74, 6) is 0. The molecule has 0 aliphatic rings. The van der Waals surface area contributed by atoms with Crippen LogP contribution in [0.15, 0.2) is 0 Å². The van der Waals surface area contributed by atoms with Crippen molar-refractivity contribution in [3.8, 4) is 0 Å². The van der Waals surface area contributed by atoms with Gasteiger partial charge in [-0.05, 0) is 0 Å². The van der Waals surface area contributed by atoms with Crippen LogP contribution in [0.2, 0.25) is 0 Å². The molecule has 4 nitrogen and oxygen atoms in total. The van der Waals surface area contributed by atoms with Crippen LogP contribution in [0.1, 0.15) is 0 Å². The van der Waals surface area contributed by atoms with Crippen LogP contribution in [0.5, 0.6) is 0 Å². The molecule has 0 spiro atoms. The van der Waals surface area contributed by atoms with Crippen molar-refractivity contribution in [3.05, 3.63) is 0 Å². The third-order valence-electron chi connectivity index (χ3n) is 0. The molecule has 0 bridgehead atoms. The molecule has 0 aromatic rings. The van der Waals surface area contributed by atoms with Crippen molar-refractivity contribution in [2.24, 2.45) is 0 Å². The summed E-state index contributed by atoms with van der Waals surface area (Å²) >= 11 is -5.62. The SMILES string of the molecule is [Na+].[O]=[Mn](=[O])(=[O])[O-]. The Labute approximate surface area is 58.0 Å². The van der Waals surface area contributed by atoms with Gasteiger partial charge < -0.3 is 0 Å². The summed E-state index contributed by atoms with van der Waals surface area (Å²) in [5, 5.41) is 0. The van der Waals surface area contributed by atoms with Gasteiger partial charge in [-0.2, -0.15) is 0 Å². The fraction of sp³-hybridized carbons (Fsp3) is 0. The third kappa shape index (κ3) is 94.9. The van der Waals surface area contributed by atoms with Crippen LogP contribution in [-0.2, 0) is 24.5 Å². The molecule has 0 saturated carbocycles. The van der Waals surface area contributed by atoms with Crippen molar-refractivity contribution in [2.45, 2.75) is 0 Å². The summed E-state index contributed by atoms with van der Waals surface area (Å²) in [6, 6.07) is 0. The maximum atomic E-state index is 8.58. The molecule has 0 radical (unpaired) electrons. The van der Waals surface area contributed by atoms with Gasteiger partial charge >= 0.3 is 58.2 Å². The Kier molecular flexibility index (Phi) is 4.92. The standard InChI is InChI=1S/Mn.Na.4O/q;+1;;;;-1. The molecule has 0 amide bonds. The quantitative estimate of drug-likeness (QED) is 0.319. The zero-order valence-corrected chi connectivity index (χ0v) is 6.19. The van der Waals surface area contributed by atoms with Crippen molar-refractivity contribution in [2.75, 3.05) is 0 Å². The fourth-order valence-electron chi connectivity index (χ4n) is 0. The first-order valence-electron chi connectivity index (χ1n) is 0.617. The van der Waals surface area contributed by atoms with Crippen LogP contribution in [0.25, 0.3) is 0 Å².